The van der Waals surface area contributed by atoms with Gasteiger partial charge >= 0.3 is 10.4 Å². The van der Waals surface area contributed by atoms with E-state index in [4.69, 9.17) is 4.55 Å². The lowest BCUT2D eigenvalue weighted by Crippen LogP contribution is -2.05. The average molecular weight is 308 g/mol. The van der Waals surface area contributed by atoms with Crippen molar-refractivity contribution in [3.8, 4) is 0 Å². The molecule has 0 saturated heterocycles. The van der Waals surface area contributed by atoms with Crippen LogP contribution in [0.25, 0.3) is 0 Å². The van der Waals surface area contributed by atoms with Crippen LogP contribution in [0.5, 0.6) is 0 Å². The van der Waals surface area contributed by atoms with Crippen molar-refractivity contribution in [2.24, 2.45) is 5.92 Å². The van der Waals surface area contributed by atoms with Crippen LogP contribution in [0.2, 0.25) is 0 Å². The molecule has 0 aliphatic heterocycles. The van der Waals surface area contributed by atoms with E-state index in [0.29, 0.717) is 12.3 Å². The van der Waals surface area contributed by atoms with Crippen molar-refractivity contribution in [2.75, 3.05) is 6.61 Å². The molecule has 0 heterocycles. The van der Waals surface area contributed by atoms with Gasteiger partial charge in [-0.25, -0.2) is 4.18 Å². The quantitative estimate of drug-likeness (QED) is 0.371. The summed E-state index contributed by atoms with van der Waals surface area (Å²) in [4.78, 5) is 0. The van der Waals surface area contributed by atoms with Crippen LogP contribution in [0, 0.1) is 5.92 Å². The summed E-state index contributed by atoms with van der Waals surface area (Å²) in [5, 5.41) is 0. The van der Waals surface area contributed by atoms with Gasteiger partial charge in [-0.05, 0) is 12.3 Å². The Hall–Kier alpha value is -0.130. The van der Waals surface area contributed by atoms with Gasteiger partial charge in [-0.3, -0.25) is 4.55 Å². The second-order valence-corrected chi connectivity index (χ2v) is 6.85. The zero-order valence-corrected chi connectivity index (χ0v) is 14.0. The van der Waals surface area contributed by atoms with Crippen LogP contribution in [0.1, 0.15) is 84.5 Å². The minimum atomic E-state index is -4.25. The van der Waals surface area contributed by atoms with Crippen molar-refractivity contribution < 1.29 is 17.2 Å². The molecule has 5 heteroatoms. The van der Waals surface area contributed by atoms with Crippen molar-refractivity contribution in [2.45, 2.75) is 84.5 Å². The van der Waals surface area contributed by atoms with Crippen LogP contribution in [-0.2, 0) is 14.6 Å². The van der Waals surface area contributed by atoms with E-state index in [1.807, 2.05) is 0 Å². The van der Waals surface area contributed by atoms with Gasteiger partial charge in [0.05, 0.1) is 6.61 Å². The van der Waals surface area contributed by atoms with Gasteiger partial charge in [-0.2, -0.15) is 8.42 Å². The topological polar surface area (TPSA) is 63.6 Å². The fourth-order valence-corrected chi connectivity index (χ4v) is 2.68. The smallest absolute Gasteiger partial charge is 0.264 e. The van der Waals surface area contributed by atoms with E-state index >= 15 is 0 Å². The highest BCUT2D eigenvalue weighted by molar-refractivity contribution is 7.80. The zero-order chi connectivity index (χ0) is 15.3. The Labute approximate surface area is 125 Å². The molecular formula is C15H32O4S. The molecule has 0 aliphatic rings. The molecule has 1 N–H and O–H groups in total. The lowest BCUT2D eigenvalue weighted by molar-refractivity contribution is 0.258. The summed E-state index contributed by atoms with van der Waals surface area (Å²) in [5.74, 6) is 0.691. The molecule has 0 fully saturated rings. The molecule has 1 atom stereocenters. The molecule has 0 aliphatic carbocycles. The first-order valence-electron chi connectivity index (χ1n) is 8.07. The largest absolute Gasteiger partial charge is 0.397 e. The predicted octanol–water partition coefficient (Wildman–Crippen LogP) is 4.75. The first kappa shape index (κ1) is 19.9. The molecule has 0 rings (SSSR count). The SMILES string of the molecule is CCCCCCCCCC(C)CCCCOS(=O)(=O)O. The fraction of sp³-hybridized carbons (Fsp3) is 1.00. The fourth-order valence-electron chi connectivity index (χ4n) is 2.35. The first-order valence-corrected chi connectivity index (χ1v) is 9.44. The van der Waals surface area contributed by atoms with Gasteiger partial charge in [0.2, 0.25) is 0 Å². The Bertz CT molecular complexity index is 301. The van der Waals surface area contributed by atoms with Crippen LogP contribution >= 0.6 is 0 Å². The van der Waals surface area contributed by atoms with Crippen LogP contribution in [0.3, 0.4) is 0 Å². The summed E-state index contributed by atoms with van der Waals surface area (Å²) in [6.07, 6.45) is 13.4. The van der Waals surface area contributed by atoms with E-state index in [0.717, 1.165) is 12.8 Å². The number of unbranched alkanes of at least 4 members (excludes halogenated alkanes) is 7. The van der Waals surface area contributed by atoms with Crippen LogP contribution < -0.4 is 0 Å². The van der Waals surface area contributed by atoms with Crippen molar-refractivity contribution in [1.82, 2.24) is 0 Å². The summed E-state index contributed by atoms with van der Waals surface area (Å²) >= 11 is 0. The Morgan fingerprint density at radius 2 is 1.40 bits per heavy atom. The number of hydrogen-bond donors (Lipinski definition) is 1. The highest BCUT2D eigenvalue weighted by Gasteiger charge is 2.05. The minimum absolute atomic E-state index is 0.0863. The van der Waals surface area contributed by atoms with Crippen molar-refractivity contribution in [3.63, 3.8) is 0 Å². The van der Waals surface area contributed by atoms with E-state index in [2.05, 4.69) is 18.0 Å². The highest BCUT2D eigenvalue weighted by atomic mass is 32.3. The van der Waals surface area contributed by atoms with E-state index in [1.165, 1.54) is 51.4 Å². The minimum Gasteiger partial charge on any atom is -0.264 e. The van der Waals surface area contributed by atoms with E-state index in [-0.39, 0.29) is 6.61 Å². The lowest BCUT2D eigenvalue weighted by Gasteiger charge is -2.10. The Kier molecular flexibility index (Phi) is 12.5. The van der Waals surface area contributed by atoms with Gasteiger partial charge in [0.25, 0.3) is 0 Å². The van der Waals surface area contributed by atoms with Crippen molar-refractivity contribution in [1.29, 1.82) is 0 Å². The molecular weight excluding hydrogens is 276 g/mol. The maximum atomic E-state index is 10.3. The summed E-state index contributed by atoms with van der Waals surface area (Å²) in [6, 6.07) is 0. The lowest BCUT2D eigenvalue weighted by atomic mass is 9.97. The molecule has 0 radical (unpaired) electrons. The standard InChI is InChI=1S/C15H32O4S/c1-3-4-5-6-7-8-9-12-15(2)13-10-11-14-19-20(16,17)18/h15H,3-14H2,1-2H3,(H,16,17,18). The molecule has 0 aromatic heterocycles. The third-order valence-electron chi connectivity index (χ3n) is 3.62. The summed E-state index contributed by atoms with van der Waals surface area (Å²) in [6.45, 7) is 4.58. The molecule has 0 aromatic rings. The molecule has 0 spiro atoms. The molecule has 1 unspecified atom stereocenters. The summed E-state index contributed by atoms with van der Waals surface area (Å²) in [7, 11) is -4.25. The predicted molar refractivity (Wildman–Crippen MR) is 83.1 cm³/mol. The second-order valence-electron chi connectivity index (χ2n) is 5.76. The van der Waals surface area contributed by atoms with Crippen LogP contribution in [0.15, 0.2) is 0 Å². The van der Waals surface area contributed by atoms with Gasteiger partial charge in [-0.1, -0.05) is 78.1 Å². The Balaban J connectivity index is 3.26. The molecule has 0 aromatic carbocycles. The second kappa shape index (κ2) is 12.6. The average Bonchev–Trinajstić information content (AvgIpc) is 2.36. The van der Waals surface area contributed by atoms with Crippen molar-refractivity contribution in [3.05, 3.63) is 0 Å². The van der Waals surface area contributed by atoms with E-state index in [9.17, 15) is 8.42 Å². The van der Waals surface area contributed by atoms with E-state index in [1.54, 1.807) is 0 Å². The van der Waals surface area contributed by atoms with Crippen LogP contribution in [0.4, 0.5) is 0 Å². The maximum absolute atomic E-state index is 10.3. The normalized spacial score (nSPS) is 13.6. The summed E-state index contributed by atoms with van der Waals surface area (Å²) < 4.78 is 33.3. The van der Waals surface area contributed by atoms with Gasteiger partial charge in [0.1, 0.15) is 0 Å². The number of rotatable bonds is 14. The molecule has 0 bridgehead atoms. The molecule has 122 valence electrons. The Morgan fingerprint density at radius 3 is 1.95 bits per heavy atom. The van der Waals surface area contributed by atoms with Gasteiger partial charge in [0, 0.05) is 0 Å². The maximum Gasteiger partial charge on any atom is 0.397 e. The monoisotopic (exact) mass is 308 g/mol. The molecule has 0 amide bonds. The molecule has 4 nitrogen and oxygen atoms in total. The Morgan fingerprint density at radius 1 is 0.900 bits per heavy atom. The van der Waals surface area contributed by atoms with Crippen molar-refractivity contribution >= 4 is 10.4 Å². The van der Waals surface area contributed by atoms with Gasteiger partial charge in [0.15, 0.2) is 0 Å². The van der Waals surface area contributed by atoms with Crippen LogP contribution in [-0.4, -0.2) is 19.6 Å². The third kappa shape index (κ3) is 15.9. The third-order valence-corrected chi connectivity index (χ3v) is 4.09. The summed E-state index contributed by atoms with van der Waals surface area (Å²) in [5.41, 5.74) is 0. The molecule has 20 heavy (non-hydrogen) atoms. The number of hydrogen-bond acceptors (Lipinski definition) is 3. The van der Waals surface area contributed by atoms with Gasteiger partial charge in [-0.15, -0.1) is 0 Å². The first-order chi connectivity index (χ1) is 9.45. The van der Waals surface area contributed by atoms with E-state index < -0.39 is 10.4 Å². The highest BCUT2D eigenvalue weighted by Crippen LogP contribution is 2.17. The zero-order valence-electron chi connectivity index (χ0n) is 13.1. The van der Waals surface area contributed by atoms with Gasteiger partial charge < -0.3 is 0 Å². The molecule has 0 saturated carbocycles.